The second kappa shape index (κ2) is 5.40. The zero-order chi connectivity index (χ0) is 14.0. The minimum absolute atomic E-state index is 0.270. The molecule has 2 aromatic rings. The van der Waals surface area contributed by atoms with Crippen LogP contribution in [-0.2, 0) is 6.61 Å². The molecule has 0 amide bonds. The Morgan fingerprint density at radius 2 is 2.16 bits per heavy atom. The molecule has 1 atom stereocenters. The third-order valence-corrected chi connectivity index (χ3v) is 2.98. The fourth-order valence-electron chi connectivity index (χ4n) is 1.84. The Bertz CT molecular complexity index is 559. The molecule has 0 unspecified atom stereocenters. The van der Waals surface area contributed by atoms with Crippen molar-refractivity contribution in [3.05, 3.63) is 46.6 Å². The summed E-state index contributed by atoms with van der Waals surface area (Å²) in [5.41, 5.74) is 2.05. The van der Waals surface area contributed by atoms with Crippen molar-refractivity contribution >= 4 is 0 Å². The van der Waals surface area contributed by atoms with Gasteiger partial charge in [-0.05, 0) is 39.0 Å². The Balaban J connectivity index is 2.20. The summed E-state index contributed by atoms with van der Waals surface area (Å²) in [5, 5.41) is 13.5. The summed E-state index contributed by atoms with van der Waals surface area (Å²) in [6.07, 6.45) is -0.796. The van der Waals surface area contributed by atoms with Crippen molar-refractivity contribution in [2.24, 2.45) is 0 Å². The lowest BCUT2D eigenvalue weighted by atomic mass is 10.1. The Kier molecular flexibility index (Phi) is 3.85. The molecule has 0 fully saturated rings. The van der Waals surface area contributed by atoms with Gasteiger partial charge in [-0.1, -0.05) is 5.16 Å². The van der Waals surface area contributed by atoms with E-state index in [0.29, 0.717) is 17.1 Å². The SMILES string of the molecule is Cc1noc(C)c1COc1ccc(F)cc1[C@@H](C)O. The van der Waals surface area contributed by atoms with Crippen molar-refractivity contribution in [1.29, 1.82) is 0 Å². The molecule has 0 aliphatic rings. The van der Waals surface area contributed by atoms with Gasteiger partial charge in [-0.15, -0.1) is 0 Å². The van der Waals surface area contributed by atoms with Gasteiger partial charge in [0.25, 0.3) is 0 Å². The molecule has 0 bridgehead atoms. The van der Waals surface area contributed by atoms with Gasteiger partial charge in [0, 0.05) is 5.56 Å². The summed E-state index contributed by atoms with van der Waals surface area (Å²) >= 11 is 0. The van der Waals surface area contributed by atoms with Crippen LogP contribution < -0.4 is 4.74 Å². The highest BCUT2D eigenvalue weighted by Crippen LogP contribution is 2.27. The molecule has 1 N–H and O–H groups in total. The molecule has 2 rings (SSSR count). The zero-order valence-electron chi connectivity index (χ0n) is 11.1. The van der Waals surface area contributed by atoms with E-state index in [2.05, 4.69) is 5.16 Å². The van der Waals surface area contributed by atoms with Crippen LogP contribution in [0.15, 0.2) is 22.7 Å². The molecule has 102 valence electrons. The maximum absolute atomic E-state index is 13.2. The van der Waals surface area contributed by atoms with E-state index in [1.54, 1.807) is 13.8 Å². The summed E-state index contributed by atoms with van der Waals surface area (Å²) in [5.74, 6) is 0.746. The molecule has 1 aromatic heterocycles. The van der Waals surface area contributed by atoms with Gasteiger partial charge in [-0.3, -0.25) is 0 Å². The third kappa shape index (κ3) is 2.93. The summed E-state index contributed by atoms with van der Waals surface area (Å²) in [4.78, 5) is 0. The second-order valence-electron chi connectivity index (χ2n) is 4.45. The molecule has 0 spiro atoms. The minimum atomic E-state index is -0.796. The fraction of sp³-hybridized carbons (Fsp3) is 0.357. The highest BCUT2D eigenvalue weighted by Gasteiger charge is 2.13. The number of aliphatic hydroxyl groups is 1. The average molecular weight is 265 g/mol. The normalized spacial score (nSPS) is 12.5. The van der Waals surface area contributed by atoms with E-state index < -0.39 is 11.9 Å². The maximum Gasteiger partial charge on any atom is 0.140 e. The highest BCUT2D eigenvalue weighted by molar-refractivity contribution is 5.36. The van der Waals surface area contributed by atoms with E-state index in [-0.39, 0.29) is 6.61 Å². The van der Waals surface area contributed by atoms with Crippen LogP contribution in [-0.4, -0.2) is 10.3 Å². The van der Waals surface area contributed by atoms with Crippen molar-refractivity contribution in [2.45, 2.75) is 33.5 Å². The highest BCUT2D eigenvalue weighted by atomic mass is 19.1. The van der Waals surface area contributed by atoms with Crippen LogP contribution in [0.5, 0.6) is 5.75 Å². The topological polar surface area (TPSA) is 55.5 Å². The van der Waals surface area contributed by atoms with Crippen LogP contribution in [0.3, 0.4) is 0 Å². The van der Waals surface area contributed by atoms with Gasteiger partial charge in [-0.2, -0.15) is 0 Å². The quantitative estimate of drug-likeness (QED) is 0.923. The van der Waals surface area contributed by atoms with E-state index >= 15 is 0 Å². The Labute approximate surface area is 110 Å². The van der Waals surface area contributed by atoms with Crippen LogP contribution in [0.4, 0.5) is 4.39 Å². The number of rotatable bonds is 4. The molecule has 5 heteroatoms. The first kappa shape index (κ1) is 13.5. The molecule has 19 heavy (non-hydrogen) atoms. The standard InChI is InChI=1S/C14H16FNO3/c1-8-13(10(3)19-16-8)7-18-14-5-4-11(15)6-12(14)9(2)17/h4-6,9,17H,7H2,1-3H3/t9-/m1/s1. The van der Waals surface area contributed by atoms with Crippen LogP contribution in [0.2, 0.25) is 0 Å². The predicted molar refractivity (Wildman–Crippen MR) is 67.3 cm³/mol. The van der Waals surface area contributed by atoms with Gasteiger partial charge in [0.05, 0.1) is 17.4 Å². The molecule has 0 aliphatic carbocycles. The van der Waals surface area contributed by atoms with Crippen LogP contribution in [0.1, 0.15) is 35.6 Å². The van der Waals surface area contributed by atoms with Gasteiger partial charge < -0.3 is 14.4 Å². The molecule has 1 aromatic carbocycles. The van der Waals surface area contributed by atoms with Gasteiger partial charge >= 0.3 is 0 Å². The molecular weight excluding hydrogens is 249 g/mol. The molecule has 4 nitrogen and oxygen atoms in total. The number of aromatic nitrogens is 1. The first-order valence-corrected chi connectivity index (χ1v) is 6.01. The largest absolute Gasteiger partial charge is 0.488 e. The van der Waals surface area contributed by atoms with E-state index in [1.807, 2.05) is 6.92 Å². The minimum Gasteiger partial charge on any atom is -0.488 e. The summed E-state index contributed by atoms with van der Waals surface area (Å²) in [6, 6.07) is 4.08. The smallest absolute Gasteiger partial charge is 0.140 e. The second-order valence-corrected chi connectivity index (χ2v) is 4.45. The number of ether oxygens (including phenoxy) is 1. The number of benzene rings is 1. The van der Waals surface area contributed by atoms with Crippen molar-refractivity contribution in [1.82, 2.24) is 5.16 Å². The molecular formula is C14H16FNO3. The molecule has 1 heterocycles. The predicted octanol–water partition coefficient (Wildman–Crippen LogP) is 3.06. The number of nitrogens with zero attached hydrogens (tertiary/aromatic N) is 1. The number of aliphatic hydroxyl groups excluding tert-OH is 1. The third-order valence-electron chi connectivity index (χ3n) is 2.98. The average Bonchev–Trinajstić information content (AvgIpc) is 2.68. The van der Waals surface area contributed by atoms with E-state index in [1.165, 1.54) is 18.2 Å². The van der Waals surface area contributed by atoms with E-state index in [9.17, 15) is 9.50 Å². The Hall–Kier alpha value is -1.88. The lowest BCUT2D eigenvalue weighted by Gasteiger charge is -2.13. The number of halogens is 1. The lowest BCUT2D eigenvalue weighted by molar-refractivity contribution is 0.189. The summed E-state index contributed by atoms with van der Waals surface area (Å²) < 4.78 is 23.8. The van der Waals surface area contributed by atoms with Gasteiger partial charge in [0.15, 0.2) is 0 Å². The first-order valence-electron chi connectivity index (χ1n) is 6.01. The summed E-state index contributed by atoms with van der Waals surface area (Å²) in [7, 11) is 0. The van der Waals surface area contributed by atoms with Gasteiger partial charge in [0.1, 0.15) is 23.9 Å². The monoisotopic (exact) mass is 265 g/mol. The lowest BCUT2D eigenvalue weighted by Crippen LogP contribution is -2.02. The van der Waals surface area contributed by atoms with Crippen molar-refractivity contribution in [3.8, 4) is 5.75 Å². The summed E-state index contributed by atoms with van der Waals surface area (Å²) in [6.45, 7) is 5.47. The molecule has 0 saturated heterocycles. The number of aryl methyl sites for hydroxylation is 2. The van der Waals surface area contributed by atoms with Crippen LogP contribution >= 0.6 is 0 Å². The Morgan fingerprint density at radius 3 is 2.74 bits per heavy atom. The van der Waals surface area contributed by atoms with Crippen LogP contribution in [0, 0.1) is 19.7 Å². The Morgan fingerprint density at radius 1 is 1.42 bits per heavy atom. The van der Waals surface area contributed by atoms with Crippen molar-refractivity contribution < 1.29 is 18.8 Å². The number of hydrogen-bond donors (Lipinski definition) is 1. The number of hydrogen-bond acceptors (Lipinski definition) is 4. The molecule has 0 aliphatic heterocycles. The van der Waals surface area contributed by atoms with Gasteiger partial charge in [0.2, 0.25) is 0 Å². The maximum atomic E-state index is 13.2. The molecule has 0 saturated carbocycles. The van der Waals surface area contributed by atoms with Gasteiger partial charge in [-0.25, -0.2) is 4.39 Å². The fourth-order valence-corrected chi connectivity index (χ4v) is 1.84. The first-order chi connectivity index (χ1) is 8.99. The van der Waals surface area contributed by atoms with E-state index in [0.717, 1.165) is 11.3 Å². The van der Waals surface area contributed by atoms with Crippen LogP contribution in [0.25, 0.3) is 0 Å². The molecule has 0 radical (unpaired) electrons. The van der Waals surface area contributed by atoms with E-state index in [4.69, 9.17) is 9.26 Å². The van der Waals surface area contributed by atoms with Crippen molar-refractivity contribution in [2.75, 3.05) is 0 Å². The van der Waals surface area contributed by atoms with Crippen molar-refractivity contribution in [3.63, 3.8) is 0 Å². The zero-order valence-corrected chi connectivity index (χ0v) is 11.1.